The Kier molecular flexibility index (Phi) is 4.66. The summed E-state index contributed by atoms with van der Waals surface area (Å²) in [6.07, 6.45) is 1.48. The van der Waals surface area contributed by atoms with Crippen LogP contribution < -0.4 is 16.4 Å². The van der Waals surface area contributed by atoms with E-state index >= 15 is 0 Å². The Bertz CT molecular complexity index is 350. The summed E-state index contributed by atoms with van der Waals surface area (Å²) in [6, 6.07) is -1.08. The van der Waals surface area contributed by atoms with Gasteiger partial charge in [-0.1, -0.05) is 0 Å². The van der Waals surface area contributed by atoms with E-state index in [1.54, 1.807) is 6.92 Å². The van der Waals surface area contributed by atoms with E-state index in [0.29, 0.717) is 6.42 Å². The minimum atomic E-state index is -1.16. The monoisotopic (exact) mass is 257 g/mol. The van der Waals surface area contributed by atoms with Crippen LogP contribution >= 0.6 is 0 Å². The van der Waals surface area contributed by atoms with Crippen LogP contribution in [0.15, 0.2) is 0 Å². The zero-order valence-electron chi connectivity index (χ0n) is 10.4. The Morgan fingerprint density at radius 2 is 2.17 bits per heavy atom. The Balaban J connectivity index is 2.57. The molecule has 0 aliphatic carbocycles. The minimum absolute atomic E-state index is 0.00644. The standard InChI is InChI=1S/C11H19N3O4/c1-11(5-2-6-13-11)10(18)14-7(9(16)17)3-4-8(12)15/h7,13H,2-6H2,1H3,(H2,12,15)(H,14,18)(H,16,17). The van der Waals surface area contributed by atoms with Crippen LogP contribution in [0.1, 0.15) is 32.6 Å². The highest BCUT2D eigenvalue weighted by atomic mass is 16.4. The molecule has 0 spiro atoms. The number of carbonyl (C=O) groups is 3. The van der Waals surface area contributed by atoms with E-state index in [1.807, 2.05) is 0 Å². The highest BCUT2D eigenvalue weighted by Gasteiger charge is 2.37. The predicted molar refractivity (Wildman–Crippen MR) is 63.6 cm³/mol. The van der Waals surface area contributed by atoms with E-state index in [0.717, 1.165) is 13.0 Å². The van der Waals surface area contributed by atoms with Gasteiger partial charge in [0.1, 0.15) is 6.04 Å². The van der Waals surface area contributed by atoms with Crippen molar-refractivity contribution in [1.82, 2.24) is 10.6 Å². The van der Waals surface area contributed by atoms with E-state index in [9.17, 15) is 14.4 Å². The van der Waals surface area contributed by atoms with Crippen LogP contribution in [0.5, 0.6) is 0 Å². The molecule has 0 radical (unpaired) electrons. The molecule has 7 nitrogen and oxygen atoms in total. The van der Waals surface area contributed by atoms with Gasteiger partial charge in [-0.3, -0.25) is 9.59 Å². The molecule has 0 aromatic rings. The second-order valence-corrected chi connectivity index (χ2v) is 4.73. The first-order valence-corrected chi connectivity index (χ1v) is 5.92. The lowest BCUT2D eigenvalue weighted by molar-refractivity contribution is -0.143. The Labute approximate surface area is 105 Å². The highest BCUT2D eigenvalue weighted by Crippen LogP contribution is 2.18. The molecular formula is C11H19N3O4. The molecule has 7 heteroatoms. The number of rotatable bonds is 6. The summed E-state index contributed by atoms with van der Waals surface area (Å²) in [4.78, 5) is 33.6. The fourth-order valence-corrected chi connectivity index (χ4v) is 1.95. The predicted octanol–water partition coefficient (Wildman–Crippen LogP) is -1.04. The van der Waals surface area contributed by atoms with Gasteiger partial charge in [-0.25, -0.2) is 4.79 Å². The highest BCUT2D eigenvalue weighted by molar-refractivity contribution is 5.90. The first-order valence-electron chi connectivity index (χ1n) is 5.92. The van der Waals surface area contributed by atoms with Gasteiger partial charge < -0.3 is 21.5 Å². The molecule has 102 valence electrons. The molecule has 0 aromatic carbocycles. The van der Waals surface area contributed by atoms with Crippen molar-refractivity contribution in [3.63, 3.8) is 0 Å². The lowest BCUT2D eigenvalue weighted by Gasteiger charge is -2.25. The van der Waals surface area contributed by atoms with Gasteiger partial charge in [0.2, 0.25) is 11.8 Å². The molecule has 1 saturated heterocycles. The third-order valence-electron chi connectivity index (χ3n) is 3.15. The van der Waals surface area contributed by atoms with Gasteiger partial charge in [0.05, 0.1) is 5.54 Å². The number of hydrogen-bond acceptors (Lipinski definition) is 4. The summed E-state index contributed by atoms with van der Waals surface area (Å²) in [6.45, 7) is 2.48. The van der Waals surface area contributed by atoms with Crippen LogP contribution in [0.25, 0.3) is 0 Å². The number of nitrogens with one attached hydrogen (secondary N) is 2. The summed E-state index contributed by atoms with van der Waals surface area (Å²) in [7, 11) is 0. The van der Waals surface area contributed by atoms with E-state index in [4.69, 9.17) is 10.8 Å². The fraction of sp³-hybridized carbons (Fsp3) is 0.727. The molecule has 1 fully saturated rings. The summed E-state index contributed by atoms with van der Waals surface area (Å²) in [5.41, 5.74) is 4.24. The SMILES string of the molecule is CC1(C(=O)NC(CCC(N)=O)C(=O)O)CCCN1. The number of primary amides is 1. The molecule has 0 bridgehead atoms. The van der Waals surface area contributed by atoms with Gasteiger partial charge in [0.25, 0.3) is 0 Å². The van der Waals surface area contributed by atoms with Gasteiger partial charge in [-0.2, -0.15) is 0 Å². The molecule has 1 heterocycles. The molecule has 0 aromatic heterocycles. The summed E-state index contributed by atoms with van der Waals surface area (Å²) >= 11 is 0. The van der Waals surface area contributed by atoms with Crippen molar-refractivity contribution in [3.8, 4) is 0 Å². The van der Waals surface area contributed by atoms with Crippen molar-refractivity contribution in [2.45, 2.75) is 44.2 Å². The summed E-state index contributed by atoms with van der Waals surface area (Å²) in [5.74, 6) is -2.09. The molecule has 1 rings (SSSR count). The molecule has 2 amide bonds. The number of nitrogens with two attached hydrogens (primary N) is 1. The van der Waals surface area contributed by atoms with Gasteiger partial charge in [-0.15, -0.1) is 0 Å². The molecule has 2 atom stereocenters. The number of hydrogen-bond donors (Lipinski definition) is 4. The van der Waals surface area contributed by atoms with Crippen molar-refractivity contribution in [3.05, 3.63) is 0 Å². The van der Waals surface area contributed by atoms with Gasteiger partial charge in [-0.05, 0) is 32.7 Å². The zero-order chi connectivity index (χ0) is 13.8. The minimum Gasteiger partial charge on any atom is -0.480 e. The topological polar surface area (TPSA) is 122 Å². The first-order chi connectivity index (χ1) is 8.35. The van der Waals surface area contributed by atoms with Crippen LogP contribution in [-0.2, 0) is 14.4 Å². The smallest absolute Gasteiger partial charge is 0.326 e. The number of carbonyl (C=O) groups excluding carboxylic acids is 2. The van der Waals surface area contributed by atoms with Crippen LogP contribution in [0.2, 0.25) is 0 Å². The maximum Gasteiger partial charge on any atom is 0.326 e. The van der Waals surface area contributed by atoms with Crippen molar-refractivity contribution in [2.75, 3.05) is 6.54 Å². The number of aliphatic carboxylic acids is 1. The second kappa shape index (κ2) is 5.81. The fourth-order valence-electron chi connectivity index (χ4n) is 1.95. The average Bonchev–Trinajstić information content (AvgIpc) is 2.71. The van der Waals surface area contributed by atoms with E-state index in [-0.39, 0.29) is 18.7 Å². The average molecular weight is 257 g/mol. The van der Waals surface area contributed by atoms with Crippen LogP contribution in [0.3, 0.4) is 0 Å². The van der Waals surface area contributed by atoms with Crippen molar-refractivity contribution in [2.24, 2.45) is 5.73 Å². The van der Waals surface area contributed by atoms with Gasteiger partial charge in [0, 0.05) is 6.42 Å². The number of carboxylic acid groups (broad SMARTS) is 1. The summed E-state index contributed by atoms with van der Waals surface area (Å²) < 4.78 is 0. The zero-order valence-corrected chi connectivity index (χ0v) is 10.4. The third kappa shape index (κ3) is 3.69. The van der Waals surface area contributed by atoms with Crippen LogP contribution in [-0.4, -0.2) is 41.0 Å². The molecule has 18 heavy (non-hydrogen) atoms. The first kappa shape index (κ1) is 14.4. The van der Waals surface area contributed by atoms with E-state index in [1.165, 1.54) is 0 Å². The lowest BCUT2D eigenvalue weighted by atomic mass is 9.98. The molecule has 1 aliphatic heterocycles. The van der Waals surface area contributed by atoms with Crippen molar-refractivity contribution in [1.29, 1.82) is 0 Å². The quantitative estimate of drug-likeness (QED) is 0.484. The normalized spacial score (nSPS) is 24.5. The second-order valence-electron chi connectivity index (χ2n) is 4.73. The largest absolute Gasteiger partial charge is 0.480 e. The Hall–Kier alpha value is -1.63. The van der Waals surface area contributed by atoms with Crippen LogP contribution in [0, 0.1) is 0 Å². The summed E-state index contributed by atoms with van der Waals surface area (Å²) in [5, 5.41) is 14.5. The van der Waals surface area contributed by atoms with Gasteiger partial charge in [0.15, 0.2) is 0 Å². The van der Waals surface area contributed by atoms with Crippen LogP contribution in [0.4, 0.5) is 0 Å². The third-order valence-corrected chi connectivity index (χ3v) is 3.15. The molecular weight excluding hydrogens is 238 g/mol. The Morgan fingerprint density at radius 1 is 1.50 bits per heavy atom. The lowest BCUT2D eigenvalue weighted by Crippen LogP contribution is -2.55. The number of carboxylic acids is 1. The number of amides is 2. The maximum atomic E-state index is 12.0. The van der Waals surface area contributed by atoms with Gasteiger partial charge >= 0.3 is 5.97 Å². The molecule has 2 unspecified atom stereocenters. The Morgan fingerprint density at radius 3 is 2.61 bits per heavy atom. The van der Waals surface area contributed by atoms with E-state index < -0.39 is 23.5 Å². The molecule has 5 N–H and O–H groups in total. The van der Waals surface area contributed by atoms with Crippen molar-refractivity contribution < 1.29 is 19.5 Å². The maximum absolute atomic E-state index is 12.0. The van der Waals surface area contributed by atoms with E-state index in [2.05, 4.69) is 10.6 Å². The van der Waals surface area contributed by atoms with Crippen molar-refractivity contribution >= 4 is 17.8 Å². The molecule has 1 aliphatic rings. The molecule has 0 saturated carbocycles.